The highest BCUT2D eigenvalue weighted by atomic mass is 15.2. The van der Waals surface area contributed by atoms with Gasteiger partial charge in [-0.1, -0.05) is 54.6 Å². The molecule has 7 aromatic rings. The lowest BCUT2D eigenvalue weighted by Gasteiger charge is -2.10. The molecule has 224 valence electrons. The summed E-state index contributed by atoms with van der Waals surface area (Å²) in [5, 5.41) is 26.4. The number of aromatic amines is 2. The van der Waals surface area contributed by atoms with Crippen molar-refractivity contribution in [2.75, 3.05) is 22.5 Å². The first-order chi connectivity index (χ1) is 22.2. The van der Waals surface area contributed by atoms with Gasteiger partial charge >= 0.3 is 0 Å². The van der Waals surface area contributed by atoms with Gasteiger partial charge in [0.2, 0.25) is 5.95 Å². The molecule has 0 bridgehead atoms. The van der Waals surface area contributed by atoms with Gasteiger partial charge in [-0.05, 0) is 56.0 Å². The molecule has 0 atom stereocenters. The zero-order valence-corrected chi connectivity index (χ0v) is 24.8. The number of aromatic nitrogens is 8. The summed E-state index contributed by atoms with van der Waals surface area (Å²) < 4.78 is 0. The molecule has 0 spiro atoms. The third kappa shape index (κ3) is 6.88. The minimum atomic E-state index is 0.620. The van der Waals surface area contributed by atoms with Gasteiger partial charge in [-0.2, -0.15) is 15.2 Å². The molecule has 45 heavy (non-hydrogen) atoms. The molecule has 1 aliphatic rings. The van der Waals surface area contributed by atoms with E-state index in [0.717, 1.165) is 63.7 Å². The summed E-state index contributed by atoms with van der Waals surface area (Å²) in [5.74, 6) is 4.34. The molecule has 11 nitrogen and oxygen atoms in total. The highest BCUT2D eigenvalue weighted by molar-refractivity contribution is 5.91. The van der Waals surface area contributed by atoms with Crippen molar-refractivity contribution in [1.82, 2.24) is 40.3 Å². The molecule has 0 amide bonds. The standard InChI is InChI=1S/C22H22N6.C12H11N5/c1-2-6-15(7-3-1)12-13-23-22-24-18-9-5-4-8-17(18)21(26-22)25-20-14-19(27-28-20)16-10-11-16;1-8-6-11(17-16-8)15-12-9-4-2-3-5-10(9)13-7-14-12/h1-9,14,16H,10-13H2,(H3,23,24,25,26,27,28);2-7H,1H3,(H2,13,14,15,16,17). The summed E-state index contributed by atoms with van der Waals surface area (Å²) in [5.41, 5.74) is 5.31. The van der Waals surface area contributed by atoms with Crippen LogP contribution < -0.4 is 16.0 Å². The van der Waals surface area contributed by atoms with E-state index in [-0.39, 0.29) is 0 Å². The molecule has 0 aliphatic heterocycles. The monoisotopic (exact) mass is 595 g/mol. The van der Waals surface area contributed by atoms with Crippen LogP contribution in [0.4, 0.5) is 29.2 Å². The molecule has 1 fully saturated rings. The lowest BCUT2D eigenvalue weighted by molar-refractivity contribution is 0.966. The quantitative estimate of drug-likeness (QED) is 0.119. The Morgan fingerprint density at radius 2 is 1.40 bits per heavy atom. The molecule has 4 aromatic heterocycles. The smallest absolute Gasteiger partial charge is 0.225 e. The molecule has 11 heteroatoms. The largest absolute Gasteiger partial charge is 0.354 e. The van der Waals surface area contributed by atoms with Gasteiger partial charge in [0, 0.05) is 46.8 Å². The SMILES string of the molecule is Cc1cc(Nc2ncnc3ccccc23)n[nH]1.c1ccc(CCNc2nc(Nc3cc(C4CC4)[nH]n3)c3ccccc3n2)cc1. The summed E-state index contributed by atoms with van der Waals surface area (Å²) in [6, 6.07) is 30.3. The van der Waals surface area contributed by atoms with Gasteiger partial charge in [0.1, 0.15) is 18.0 Å². The third-order valence-electron chi connectivity index (χ3n) is 7.50. The number of para-hydroxylation sites is 2. The number of nitrogens with zero attached hydrogens (tertiary/aromatic N) is 6. The van der Waals surface area contributed by atoms with Crippen molar-refractivity contribution in [2.45, 2.75) is 32.1 Å². The maximum absolute atomic E-state index is 4.71. The zero-order valence-electron chi connectivity index (χ0n) is 24.8. The Morgan fingerprint density at radius 1 is 0.711 bits per heavy atom. The molecule has 5 N–H and O–H groups in total. The average molecular weight is 596 g/mol. The van der Waals surface area contributed by atoms with Gasteiger partial charge < -0.3 is 16.0 Å². The molecule has 4 heterocycles. The number of fused-ring (bicyclic) bond motifs is 2. The number of benzene rings is 3. The predicted octanol–water partition coefficient (Wildman–Crippen LogP) is 7.03. The van der Waals surface area contributed by atoms with Crippen molar-refractivity contribution in [3.8, 4) is 0 Å². The Morgan fingerprint density at radius 3 is 2.18 bits per heavy atom. The Bertz CT molecular complexity index is 2020. The zero-order chi connectivity index (χ0) is 30.4. The van der Waals surface area contributed by atoms with Crippen molar-refractivity contribution < 1.29 is 0 Å². The average Bonchev–Trinajstić information content (AvgIpc) is 3.69. The van der Waals surface area contributed by atoms with E-state index in [9.17, 15) is 0 Å². The van der Waals surface area contributed by atoms with E-state index in [2.05, 4.69) is 81.6 Å². The summed E-state index contributed by atoms with van der Waals surface area (Å²) >= 11 is 0. The Balaban J connectivity index is 0.000000163. The molecule has 0 saturated heterocycles. The molecule has 8 rings (SSSR count). The van der Waals surface area contributed by atoms with Crippen molar-refractivity contribution >= 4 is 51.0 Å². The summed E-state index contributed by atoms with van der Waals surface area (Å²) in [4.78, 5) is 17.8. The number of aryl methyl sites for hydroxylation is 1. The van der Waals surface area contributed by atoms with Gasteiger partial charge in [-0.15, -0.1) is 0 Å². The molecular weight excluding hydrogens is 562 g/mol. The van der Waals surface area contributed by atoms with Crippen LogP contribution in [-0.2, 0) is 6.42 Å². The Labute approximate surface area is 260 Å². The van der Waals surface area contributed by atoms with Gasteiger partial charge in [-0.25, -0.2) is 15.0 Å². The third-order valence-corrected chi connectivity index (χ3v) is 7.50. The van der Waals surface area contributed by atoms with E-state index in [0.29, 0.717) is 11.9 Å². The molecule has 1 aliphatic carbocycles. The van der Waals surface area contributed by atoms with E-state index in [4.69, 9.17) is 4.98 Å². The van der Waals surface area contributed by atoms with Crippen molar-refractivity contribution in [3.63, 3.8) is 0 Å². The summed E-state index contributed by atoms with van der Waals surface area (Å²) in [6.45, 7) is 2.73. The van der Waals surface area contributed by atoms with E-state index < -0.39 is 0 Å². The van der Waals surface area contributed by atoms with Gasteiger partial charge in [0.15, 0.2) is 11.6 Å². The fraction of sp³-hybridized carbons (Fsp3) is 0.176. The van der Waals surface area contributed by atoms with Crippen LogP contribution in [0.3, 0.4) is 0 Å². The van der Waals surface area contributed by atoms with E-state index in [1.54, 1.807) is 6.33 Å². The van der Waals surface area contributed by atoms with Crippen molar-refractivity contribution in [2.24, 2.45) is 0 Å². The van der Waals surface area contributed by atoms with Crippen LogP contribution in [0.2, 0.25) is 0 Å². The second kappa shape index (κ2) is 12.8. The number of nitrogens with one attached hydrogen (secondary N) is 5. The highest BCUT2D eigenvalue weighted by Crippen LogP contribution is 2.39. The Hall–Kier alpha value is -5.84. The number of hydrogen-bond acceptors (Lipinski definition) is 9. The highest BCUT2D eigenvalue weighted by Gasteiger charge is 2.25. The number of rotatable bonds is 9. The van der Waals surface area contributed by atoms with Crippen LogP contribution in [0.15, 0.2) is 97.3 Å². The van der Waals surface area contributed by atoms with Gasteiger partial charge in [0.25, 0.3) is 0 Å². The fourth-order valence-electron chi connectivity index (χ4n) is 5.05. The van der Waals surface area contributed by atoms with Gasteiger partial charge in [-0.3, -0.25) is 10.2 Å². The van der Waals surface area contributed by atoms with Crippen LogP contribution >= 0.6 is 0 Å². The van der Waals surface area contributed by atoms with Crippen LogP contribution in [0.5, 0.6) is 0 Å². The number of hydrogen-bond donors (Lipinski definition) is 5. The number of H-pyrrole nitrogens is 2. The first kappa shape index (κ1) is 28.0. The first-order valence-electron chi connectivity index (χ1n) is 15.0. The lowest BCUT2D eigenvalue weighted by Crippen LogP contribution is -2.09. The molecule has 3 aromatic carbocycles. The lowest BCUT2D eigenvalue weighted by atomic mass is 10.1. The second-order valence-electron chi connectivity index (χ2n) is 11.0. The normalized spacial score (nSPS) is 12.5. The number of anilines is 5. The van der Waals surface area contributed by atoms with Crippen LogP contribution in [0.1, 0.15) is 35.7 Å². The predicted molar refractivity (Wildman–Crippen MR) is 178 cm³/mol. The van der Waals surface area contributed by atoms with E-state index in [1.165, 1.54) is 24.1 Å². The molecular formula is C34H33N11. The summed E-state index contributed by atoms with van der Waals surface area (Å²) in [6.07, 6.45) is 4.95. The topological polar surface area (TPSA) is 145 Å². The van der Waals surface area contributed by atoms with Gasteiger partial charge in [0.05, 0.1) is 11.0 Å². The van der Waals surface area contributed by atoms with Crippen LogP contribution in [-0.4, -0.2) is 46.9 Å². The van der Waals surface area contributed by atoms with Crippen molar-refractivity contribution in [3.05, 3.63) is 114 Å². The fourth-order valence-corrected chi connectivity index (χ4v) is 5.05. The van der Waals surface area contributed by atoms with E-state index >= 15 is 0 Å². The first-order valence-corrected chi connectivity index (χ1v) is 15.0. The maximum Gasteiger partial charge on any atom is 0.225 e. The van der Waals surface area contributed by atoms with E-state index in [1.807, 2.05) is 67.6 Å². The molecule has 0 radical (unpaired) electrons. The van der Waals surface area contributed by atoms with Crippen molar-refractivity contribution in [1.29, 1.82) is 0 Å². The van der Waals surface area contributed by atoms with Crippen LogP contribution in [0.25, 0.3) is 21.8 Å². The Kier molecular flexibility index (Phi) is 7.95. The maximum atomic E-state index is 4.71. The molecule has 0 unspecified atom stereocenters. The molecule has 1 saturated carbocycles. The minimum absolute atomic E-state index is 0.620. The summed E-state index contributed by atoms with van der Waals surface area (Å²) in [7, 11) is 0. The minimum Gasteiger partial charge on any atom is -0.354 e. The van der Waals surface area contributed by atoms with Crippen LogP contribution in [0, 0.1) is 6.92 Å². The second-order valence-corrected chi connectivity index (χ2v) is 11.0.